The van der Waals surface area contributed by atoms with Gasteiger partial charge in [0.2, 0.25) is 0 Å². The first-order valence-electron chi connectivity index (χ1n) is 5.73. The van der Waals surface area contributed by atoms with E-state index in [1.165, 1.54) is 6.08 Å². The van der Waals surface area contributed by atoms with Crippen molar-refractivity contribution in [3.8, 4) is 0 Å². The molecule has 0 atom stereocenters. The van der Waals surface area contributed by atoms with Gasteiger partial charge in [-0.25, -0.2) is 4.79 Å². The van der Waals surface area contributed by atoms with Gasteiger partial charge in [-0.1, -0.05) is 6.08 Å². The first-order valence-corrected chi connectivity index (χ1v) is 7.34. The lowest BCUT2D eigenvalue weighted by Crippen LogP contribution is -2.43. The second-order valence-electron chi connectivity index (χ2n) is 4.69. The maximum absolute atomic E-state index is 11.0. The minimum Gasteiger partial charge on any atom is -0.870 e. The Balaban J connectivity index is 0. The molecule has 7 nitrogen and oxygen atoms in total. The van der Waals surface area contributed by atoms with Gasteiger partial charge in [0, 0.05) is 12.5 Å². The number of allylic oxidation sites excluding steroid dienone is 1. The molecule has 0 radical (unpaired) electrons. The molecule has 2 N–H and O–H groups in total. The first kappa shape index (κ1) is 20.4. The van der Waals surface area contributed by atoms with Gasteiger partial charge in [-0.05, 0) is 6.92 Å². The van der Waals surface area contributed by atoms with Crippen LogP contribution in [0.25, 0.3) is 0 Å². The molecular formula is C11H23NO6S. The molecule has 0 spiro atoms. The lowest BCUT2D eigenvalue weighted by Gasteiger charge is -2.29. The van der Waals surface area contributed by atoms with Gasteiger partial charge >= 0.3 is 5.97 Å². The minimum absolute atomic E-state index is 0. The Hall–Kier alpha value is -0.960. The summed E-state index contributed by atoms with van der Waals surface area (Å²) in [5, 5.41) is 0. The Morgan fingerprint density at radius 1 is 1.32 bits per heavy atom. The number of quaternary nitrogens is 1. The summed E-state index contributed by atoms with van der Waals surface area (Å²) in [4.78, 5) is 11.0. The van der Waals surface area contributed by atoms with Gasteiger partial charge in [0.15, 0.2) is 0 Å². The van der Waals surface area contributed by atoms with Crippen LogP contribution in [0.15, 0.2) is 12.2 Å². The standard InChI is InChI=1S/C11H21NO5S.H2O/c1-4-6-11(13)17-9-8-12(2,3)7-5-10-18(14,15)16;/h4,6H,5,7-10H2,1-3H3;1H2. The molecule has 0 rings (SSSR count). The predicted molar refractivity (Wildman–Crippen MR) is 70.6 cm³/mol. The van der Waals surface area contributed by atoms with Crippen molar-refractivity contribution in [2.24, 2.45) is 0 Å². The molecule has 0 fully saturated rings. The van der Waals surface area contributed by atoms with Crippen LogP contribution < -0.4 is 0 Å². The van der Waals surface area contributed by atoms with E-state index in [9.17, 15) is 13.2 Å². The highest BCUT2D eigenvalue weighted by atomic mass is 32.2. The van der Waals surface area contributed by atoms with Crippen molar-refractivity contribution in [3.05, 3.63) is 12.2 Å². The molecule has 0 unspecified atom stereocenters. The molecule has 114 valence electrons. The number of hydrogen-bond donors (Lipinski definition) is 1. The zero-order chi connectivity index (χ0) is 14.2. The molecule has 0 aromatic heterocycles. The number of nitrogens with zero attached hydrogens (tertiary/aromatic N) is 1. The van der Waals surface area contributed by atoms with E-state index >= 15 is 0 Å². The molecule has 0 saturated carbocycles. The van der Waals surface area contributed by atoms with E-state index in [1.807, 2.05) is 14.1 Å². The van der Waals surface area contributed by atoms with Gasteiger partial charge in [-0.2, -0.15) is 8.42 Å². The molecule has 0 aliphatic heterocycles. The highest BCUT2D eigenvalue weighted by molar-refractivity contribution is 7.85. The molecule has 0 aromatic carbocycles. The van der Waals surface area contributed by atoms with Crippen LogP contribution in [0.2, 0.25) is 0 Å². The van der Waals surface area contributed by atoms with Crippen LogP contribution in [-0.2, 0) is 19.6 Å². The van der Waals surface area contributed by atoms with Gasteiger partial charge in [-0.15, -0.1) is 0 Å². The molecule has 0 saturated heterocycles. The molecular weight excluding hydrogens is 274 g/mol. The maximum Gasteiger partial charge on any atom is 0.330 e. The lowest BCUT2D eigenvalue weighted by molar-refractivity contribution is -0.890. The third-order valence-corrected chi connectivity index (χ3v) is 3.21. The van der Waals surface area contributed by atoms with Gasteiger partial charge in [0.1, 0.15) is 13.2 Å². The van der Waals surface area contributed by atoms with Crippen molar-refractivity contribution in [2.45, 2.75) is 13.3 Å². The third-order valence-electron chi connectivity index (χ3n) is 2.41. The fraction of sp³-hybridized carbons (Fsp3) is 0.727. The fourth-order valence-corrected chi connectivity index (χ4v) is 1.86. The van der Waals surface area contributed by atoms with Crippen LogP contribution in [-0.4, -0.2) is 68.4 Å². The summed E-state index contributed by atoms with van der Waals surface area (Å²) in [6.07, 6.45) is 3.32. The summed E-state index contributed by atoms with van der Waals surface area (Å²) >= 11 is 0. The minimum atomic E-state index is -3.89. The molecule has 19 heavy (non-hydrogen) atoms. The summed E-state index contributed by atoms with van der Waals surface area (Å²) in [6.45, 7) is 3.19. The van der Waals surface area contributed by atoms with Gasteiger partial charge in [-0.3, -0.25) is 4.55 Å². The van der Waals surface area contributed by atoms with Crippen LogP contribution >= 0.6 is 0 Å². The Labute approximate surface area is 114 Å². The molecule has 0 aliphatic carbocycles. The number of esters is 1. The Bertz CT molecular complexity index is 388. The number of hydrogen-bond acceptors (Lipinski definition) is 5. The molecule has 0 heterocycles. The summed E-state index contributed by atoms with van der Waals surface area (Å²) in [5.41, 5.74) is 0. The van der Waals surface area contributed by atoms with Crippen LogP contribution in [0.3, 0.4) is 0 Å². The number of likely N-dealkylation sites (N-methyl/N-ethyl adjacent to an activating group) is 1. The second-order valence-corrected chi connectivity index (χ2v) is 6.26. The summed E-state index contributed by atoms with van der Waals surface area (Å²) in [6, 6.07) is 0. The van der Waals surface area contributed by atoms with E-state index in [1.54, 1.807) is 13.0 Å². The summed E-state index contributed by atoms with van der Waals surface area (Å²) in [5.74, 6) is -0.622. The lowest BCUT2D eigenvalue weighted by atomic mass is 10.3. The van der Waals surface area contributed by atoms with E-state index in [0.717, 1.165) is 0 Å². The quantitative estimate of drug-likeness (QED) is 0.298. The van der Waals surface area contributed by atoms with Crippen LogP contribution in [0.5, 0.6) is 0 Å². The van der Waals surface area contributed by atoms with E-state index in [-0.39, 0.29) is 23.8 Å². The largest absolute Gasteiger partial charge is 0.870 e. The first-order chi connectivity index (χ1) is 8.16. The summed E-state index contributed by atoms with van der Waals surface area (Å²) < 4.78 is 35.2. The average Bonchev–Trinajstić information content (AvgIpc) is 2.14. The van der Waals surface area contributed by atoms with Crippen molar-refractivity contribution in [2.75, 3.05) is 39.5 Å². The Morgan fingerprint density at radius 3 is 2.37 bits per heavy atom. The molecule has 8 heteroatoms. The molecule has 0 bridgehead atoms. The van der Waals surface area contributed by atoms with Gasteiger partial charge < -0.3 is 14.7 Å². The van der Waals surface area contributed by atoms with Gasteiger partial charge in [0.05, 0.1) is 26.4 Å². The van der Waals surface area contributed by atoms with Crippen molar-refractivity contribution in [1.82, 2.24) is 0 Å². The van der Waals surface area contributed by atoms with Crippen LogP contribution in [0.1, 0.15) is 13.3 Å². The predicted octanol–water partition coefficient (Wildman–Crippen LogP) is 0.283. The highest BCUT2D eigenvalue weighted by Crippen LogP contribution is 2.01. The Morgan fingerprint density at radius 2 is 1.89 bits per heavy atom. The van der Waals surface area contributed by atoms with Crippen molar-refractivity contribution >= 4 is 16.1 Å². The maximum atomic E-state index is 11.0. The van der Waals surface area contributed by atoms with E-state index in [4.69, 9.17) is 9.29 Å². The zero-order valence-electron chi connectivity index (χ0n) is 11.6. The van der Waals surface area contributed by atoms with Crippen LogP contribution in [0, 0.1) is 0 Å². The fourth-order valence-electron chi connectivity index (χ4n) is 1.36. The number of carbonyl (C=O) groups is 1. The normalized spacial score (nSPS) is 12.2. The Kier molecular flexibility index (Phi) is 9.67. The topological polar surface area (TPSA) is 111 Å². The summed E-state index contributed by atoms with van der Waals surface area (Å²) in [7, 11) is -0.0719. The zero-order valence-corrected chi connectivity index (χ0v) is 12.4. The van der Waals surface area contributed by atoms with Crippen molar-refractivity contribution in [1.29, 1.82) is 0 Å². The highest BCUT2D eigenvalue weighted by Gasteiger charge is 2.17. The monoisotopic (exact) mass is 297 g/mol. The average molecular weight is 297 g/mol. The van der Waals surface area contributed by atoms with Gasteiger partial charge in [0.25, 0.3) is 10.1 Å². The van der Waals surface area contributed by atoms with Crippen molar-refractivity contribution in [3.63, 3.8) is 0 Å². The van der Waals surface area contributed by atoms with Crippen LogP contribution in [0.4, 0.5) is 0 Å². The smallest absolute Gasteiger partial charge is 0.330 e. The molecule has 0 aromatic rings. The number of rotatable bonds is 8. The van der Waals surface area contributed by atoms with Crippen molar-refractivity contribution < 1.29 is 32.5 Å². The molecule has 0 aliphatic rings. The second kappa shape index (κ2) is 9.03. The van der Waals surface area contributed by atoms with E-state index < -0.39 is 10.1 Å². The SMILES string of the molecule is CC=CC(=O)OCC[N+](C)(C)CCCS(=O)(=O)O.[OH-]. The number of carbonyl (C=O) groups excluding carboxylic acids is 1. The van der Waals surface area contributed by atoms with E-state index in [0.29, 0.717) is 24.0 Å². The van der Waals surface area contributed by atoms with E-state index in [2.05, 4.69) is 0 Å². The third kappa shape index (κ3) is 13.3. The molecule has 0 amide bonds. The number of ether oxygens (including phenoxy) is 1.